The highest BCUT2D eigenvalue weighted by molar-refractivity contribution is 5.51. The predicted molar refractivity (Wildman–Crippen MR) is 141 cm³/mol. The van der Waals surface area contributed by atoms with Gasteiger partial charge >= 0.3 is 0 Å². The largest absolute Gasteiger partial charge is 0.497 e. The lowest BCUT2D eigenvalue weighted by Crippen LogP contribution is -2.37. The average molecular weight is 472 g/mol. The maximum Gasteiger partial charge on any atom is 0.127 e. The fourth-order valence-corrected chi connectivity index (χ4v) is 5.76. The first kappa shape index (κ1) is 23.7. The molecule has 1 saturated heterocycles. The molecular weight excluding hydrogens is 434 g/mol. The molecule has 4 nitrogen and oxygen atoms in total. The molecule has 3 aromatic rings. The Hall–Kier alpha value is -2.98. The van der Waals surface area contributed by atoms with Gasteiger partial charge < -0.3 is 14.2 Å². The second-order valence-corrected chi connectivity index (χ2v) is 10.4. The molecule has 5 rings (SSSR count). The van der Waals surface area contributed by atoms with Crippen LogP contribution in [0.1, 0.15) is 61.6 Å². The molecule has 2 aliphatic rings. The number of rotatable bonds is 8. The number of methoxy groups -OCH3 is 1. The fraction of sp³-hybridized carbons (Fsp3) is 0.419. The van der Waals surface area contributed by atoms with Crippen molar-refractivity contribution < 1.29 is 14.2 Å². The van der Waals surface area contributed by atoms with Crippen molar-refractivity contribution in [2.75, 3.05) is 33.4 Å². The van der Waals surface area contributed by atoms with Crippen molar-refractivity contribution in [3.8, 4) is 17.2 Å². The molecule has 35 heavy (non-hydrogen) atoms. The van der Waals surface area contributed by atoms with Crippen molar-refractivity contribution in [3.05, 3.63) is 89.5 Å². The summed E-state index contributed by atoms with van der Waals surface area (Å²) in [6.07, 6.45) is 3.51. The molecule has 0 saturated carbocycles. The van der Waals surface area contributed by atoms with E-state index >= 15 is 0 Å². The van der Waals surface area contributed by atoms with E-state index in [1.807, 2.05) is 12.1 Å². The minimum Gasteiger partial charge on any atom is -0.497 e. The number of fused-ring (bicyclic) bond motifs is 1. The average Bonchev–Trinajstić information content (AvgIpc) is 3.38. The van der Waals surface area contributed by atoms with Crippen LogP contribution in [0.3, 0.4) is 0 Å². The molecule has 2 atom stereocenters. The normalized spacial score (nSPS) is 20.0. The number of hydrogen-bond acceptors (Lipinski definition) is 4. The molecule has 1 fully saturated rings. The maximum atomic E-state index is 6.48. The van der Waals surface area contributed by atoms with Crippen LogP contribution < -0.4 is 14.2 Å². The van der Waals surface area contributed by atoms with Crippen LogP contribution in [-0.4, -0.2) is 43.9 Å². The van der Waals surface area contributed by atoms with Crippen LogP contribution in [-0.2, 0) is 0 Å². The van der Waals surface area contributed by atoms with Gasteiger partial charge in [-0.2, -0.15) is 0 Å². The lowest BCUT2D eigenvalue weighted by atomic mass is 9.71. The lowest BCUT2D eigenvalue weighted by molar-refractivity contribution is 0.0687. The van der Waals surface area contributed by atoms with E-state index in [4.69, 9.17) is 14.2 Å². The van der Waals surface area contributed by atoms with Gasteiger partial charge in [0.05, 0.1) is 7.11 Å². The number of ether oxygens (including phenoxy) is 3. The van der Waals surface area contributed by atoms with E-state index in [0.29, 0.717) is 6.61 Å². The molecule has 0 amide bonds. The van der Waals surface area contributed by atoms with Crippen molar-refractivity contribution in [1.29, 1.82) is 0 Å². The molecular formula is C31H37NO3. The zero-order valence-corrected chi connectivity index (χ0v) is 21.2. The van der Waals surface area contributed by atoms with E-state index in [0.717, 1.165) is 30.2 Å². The van der Waals surface area contributed by atoms with Crippen molar-refractivity contribution in [2.24, 2.45) is 0 Å². The molecule has 0 aromatic heterocycles. The van der Waals surface area contributed by atoms with Gasteiger partial charge in [-0.05, 0) is 69.5 Å². The van der Waals surface area contributed by atoms with Crippen LogP contribution in [0.25, 0.3) is 0 Å². The number of benzene rings is 3. The van der Waals surface area contributed by atoms with E-state index in [1.54, 1.807) is 7.11 Å². The Morgan fingerprint density at radius 2 is 1.71 bits per heavy atom. The van der Waals surface area contributed by atoms with Crippen molar-refractivity contribution >= 4 is 0 Å². The van der Waals surface area contributed by atoms with Gasteiger partial charge in [0.2, 0.25) is 0 Å². The third kappa shape index (κ3) is 5.33. The highest BCUT2D eigenvalue weighted by Gasteiger charge is 2.40. The first-order valence-corrected chi connectivity index (χ1v) is 12.9. The fourth-order valence-electron chi connectivity index (χ4n) is 5.76. The van der Waals surface area contributed by atoms with Crippen LogP contribution in [0.5, 0.6) is 17.2 Å². The van der Waals surface area contributed by atoms with E-state index in [1.165, 1.54) is 42.6 Å². The summed E-state index contributed by atoms with van der Waals surface area (Å²) < 4.78 is 18.4. The summed E-state index contributed by atoms with van der Waals surface area (Å²) in [6, 6.07) is 25.7. The predicted octanol–water partition coefficient (Wildman–Crippen LogP) is 6.65. The molecule has 2 aliphatic heterocycles. The summed E-state index contributed by atoms with van der Waals surface area (Å²) >= 11 is 0. The Labute approximate surface area is 209 Å². The van der Waals surface area contributed by atoms with Crippen LogP contribution in [0, 0.1) is 0 Å². The molecule has 2 heterocycles. The number of likely N-dealkylation sites (tertiary alicyclic amines) is 1. The number of para-hydroxylation sites is 1. The van der Waals surface area contributed by atoms with Crippen LogP contribution in [0.2, 0.25) is 0 Å². The van der Waals surface area contributed by atoms with E-state index in [2.05, 4.69) is 79.4 Å². The second-order valence-electron chi connectivity index (χ2n) is 10.4. The summed E-state index contributed by atoms with van der Waals surface area (Å²) in [5.41, 5.74) is 3.48. The van der Waals surface area contributed by atoms with Crippen LogP contribution >= 0.6 is 0 Å². The van der Waals surface area contributed by atoms with Gasteiger partial charge in [0, 0.05) is 30.0 Å². The summed E-state index contributed by atoms with van der Waals surface area (Å²) in [5.74, 6) is 3.11. The minimum absolute atomic E-state index is 0.148. The van der Waals surface area contributed by atoms with Crippen molar-refractivity contribution in [2.45, 2.75) is 50.5 Å². The molecule has 184 valence electrons. The van der Waals surface area contributed by atoms with Gasteiger partial charge in [-0.15, -0.1) is 0 Å². The first-order chi connectivity index (χ1) is 17.0. The van der Waals surface area contributed by atoms with Gasteiger partial charge in [0.15, 0.2) is 0 Å². The van der Waals surface area contributed by atoms with Gasteiger partial charge in [-0.25, -0.2) is 0 Å². The highest BCUT2D eigenvalue weighted by atomic mass is 16.5. The SMILES string of the molecule is COc1ccc2c(c1)OC(C)(C)CC2C(c1ccccc1)c1ccccc1OCCN1CCCC1. The molecule has 4 heteroatoms. The molecule has 0 N–H and O–H groups in total. The monoisotopic (exact) mass is 471 g/mol. The Kier molecular flexibility index (Phi) is 7.01. The maximum absolute atomic E-state index is 6.48. The molecule has 3 aromatic carbocycles. The lowest BCUT2D eigenvalue weighted by Gasteiger charge is -2.41. The van der Waals surface area contributed by atoms with Crippen LogP contribution in [0.15, 0.2) is 72.8 Å². The number of nitrogens with zero attached hydrogens (tertiary/aromatic N) is 1. The van der Waals surface area contributed by atoms with E-state index < -0.39 is 0 Å². The highest BCUT2D eigenvalue weighted by Crippen LogP contribution is 2.52. The zero-order chi connectivity index (χ0) is 24.3. The van der Waals surface area contributed by atoms with E-state index in [-0.39, 0.29) is 17.4 Å². The van der Waals surface area contributed by atoms with Gasteiger partial charge in [0.25, 0.3) is 0 Å². The Morgan fingerprint density at radius 3 is 2.49 bits per heavy atom. The Morgan fingerprint density at radius 1 is 0.971 bits per heavy atom. The first-order valence-electron chi connectivity index (χ1n) is 12.9. The van der Waals surface area contributed by atoms with Gasteiger partial charge in [0.1, 0.15) is 29.5 Å². The topological polar surface area (TPSA) is 30.9 Å². The Balaban J connectivity index is 1.54. The number of hydrogen-bond donors (Lipinski definition) is 0. The van der Waals surface area contributed by atoms with Crippen molar-refractivity contribution in [1.82, 2.24) is 4.90 Å². The van der Waals surface area contributed by atoms with Crippen LogP contribution in [0.4, 0.5) is 0 Å². The summed E-state index contributed by atoms with van der Waals surface area (Å²) in [5, 5.41) is 0. The minimum atomic E-state index is -0.289. The van der Waals surface area contributed by atoms with E-state index in [9.17, 15) is 0 Å². The summed E-state index contributed by atoms with van der Waals surface area (Å²) in [6.45, 7) is 8.44. The molecule has 0 bridgehead atoms. The quantitative estimate of drug-likeness (QED) is 0.368. The third-order valence-corrected chi connectivity index (χ3v) is 7.40. The van der Waals surface area contributed by atoms with Gasteiger partial charge in [-0.1, -0.05) is 54.6 Å². The van der Waals surface area contributed by atoms with Gasteiger partial charge in [-0.3, -0.25) is 4.90 Å². The smallest absolute Gasteiger partial charge is 0.127 e. The molecule has 0 radical (unpaired) electrons. The summed E-state index contributed by atoms with van der Waals surface area (Å²) in [7, 11) is 1.70. The second kappa shape index (κ2) is 10.3. The third-order valence-electron chi connectivity index (χ3n) is 7.40. The van der Waals surface area contributed by atoms with Crippen molar-refractivity contribution in [3.63, 3.8) is 0 Å². The Bertz CT molecular complexity index is 1120. The molecule has 0 spiro atoms. The zero-order valence-electron chi connectivity index (χ0n) is 21.2. The standard InChI is InChI=1S/C31H37NO3/c1-31(2)22-27(25-16-15-24(33-3)21-29(25)35-31)30(23-11-5-4-6-12-23)26-13-7-8-14-28(26)34-20-19-32-17-9-10-18-32/h4-8,11-16,21,27,30H,9-10,17-20,22H2,1-3H3. The molecule has 2 unspecified atom stereocenters. The molecule has 0 aliphatic carbocycles. The summed E-state index contributed by atoms with van der Waals surface area (Å²) in [4.78, 5) is 2.50.